The van der Waals surface area contributed by atoms with Crippen LogP contribution in [0.3, 0.4) is 0 Å². The predicted molar refractivity (Wildman–Crippen MR) is 73.0 cm³/mol. The van der Waals surface area contributed by atoms with E-state index < -0.39 is 5.97 Å². The smallest absolute Gasteiger partial charge is 0.355 e. The molecule has 0 radical (unpaired) electrons. The fraction of sp³-hybridized carbons (Fsp3) is 0.333. The minimum absolute atomic E-state index is 0.148. The second kappa shape index (κ2) is 4.70. The topological polar surface area (TPSA) is 53.4 Å². The first kappa shape index (κ1) is 11.7. The Morgan fingerprint density at radius 2 is 2.39 bits per heavy atom. The lowest BCUT2D eigenvalue weighted by molar-refractivity contribution is 0.0691. The molecule has 3 rings (SSSR count). The van der Waals surface area contributed by atoms with Crippen molar-refractivity contribution in [1.82, 2.24) is 4.98 Å². The number of carbonyl (C=O) groups is 1. The number of hydrogen-bond acceptors (Lipinski definition) is 5. The summed E-state index contributed by atoms with van der Waals surface area (Å²) in [6.07, 6.45) is 1.11. The van der Waals surface area contributed by atoms with Gasteiger partial charge >= 0.3 is 5.97 Å². The number of anilines is 1. The molecular formula is C12H12N2O2S2. The van der Waals surface area contributed by atoms with Crippen LogP contribution in [0, 0.1) is 0 Å². The van der Waals surface area contributed by atoms with E-state index in [0.717, 1.165) is 24.6 Å². The van der Waals surface area contributed by atoms with E-state index in [9.17, 15) is 4.79 Å². The lowest BCUT2D eigenvalue weighted by Gasteiger charge is -2.14. The Morgan fingerprint density at radius 3 is 3.06 bits per heavy atom. The fourth-order valence-corrected chi connectivity index (χ4v) is 3.89. The van der Waals surface area contributed by atoms with E-state index in [-0.39, 0.29) is 5.69 Å². The first-order valence-electron chi connectivity index (χ1n) is 5.71. The summed E-state index contributed by atoms with van der Waals surface area (Å²) in [4.78, 5) is 18.6. The molecule has 94 valence electrons. The van der Waals surface area contributed by atoms with Crippen LogP contribution >= 0.6 is 22.7 Å². The number of carboxylic acids is 1. The molecule has 0 bridgehead atoms. The van der Waals surface area contributed by atoms with Crippen molar-refractivity contribution in [2.45, 2.75) is 12.3 Å². The Morgan fingerprint density at radius 1 is 1.50 bits per heavy atom. The van der Waals surface area contributed by atoms with E-state index >= 15 is 0 Å². The molecule has 0 amide bonds. The number of aromatic nitrogens is 1. The Labute approximate surface area is 113 Å². The van der Waals surface area contributed by atoms with Gasteiger partial charge in [-0.15, -0.1) is 22.7 Å². The quantitative estimate of drug-likeness (QED) is 0.939. The van der Waals surface area contributed by atoms with Gasteiger partial charge < -0.3 is 10.0 Å². The molecule has 2 aromatic rings. The highest BCUT2D eigenvalue weighted by atomic mass is 32.1. The van der Waals surface area contributed by atoms with Gasteiger partial charge in [-0.2, -0.15) is 0 Å². The van der Waals surface area contributed by atoms with Crippen molar-refractivity contribution in [2.24, 2.45) is 0 Å². The summed E-state index contributed by atoms with van der Waals surface area (Å²) in [5.41, 5.74) is 0.148. The average molecular weight is 280 g/mol. The zero-order valence-electron chi connectivity index (χ0n) is 9.57. The number of rotatable bonds is 3. The molecule has 4 nitrogen and oxygen atoms in total. The van der Waals surface area contributed by atoms with E-state index in [4.69, 9.17) is 5.11 Å². The normalized spacial score (nSPS) is 19.3. The van der Waals surface area contributed by atoms with Crippen LogP contribution in [0.15, 0.2) is 22.9 Å². The van der Waals surface area contributed by atoms with Gasteiger partial charge in [-0.05, 0) is 17.9 Å². The molecule has 0 aliphatic carbocycles. The van der Waals surface area contributed by atoms with Gasteiger partial charge in [-0.25, -0.2) is 9.78 Å². The Balaban J connectivity index is 1.73. The van der Waals surface area contributed by atoms with E-state index in [0.29, 0.717) is 5.92 Å². The lowest BCUT2D eigenvalue weighted by atomic mass is 10.1. The largest absolute Gasteiger partial charge is 0.476 e. The maximum atomic E-state index is 10.8. The fourth-order valence-electron chi connectivity index (χ4n) is 2.20. The standard InChI is InChI=1S/C12H12N2O2S2/c15-11(16)9-7-18-12(13-9)14-4-3-8(6-14)10-2-1-5-17-10/h1-2,5,7-8H,3-4,6H2,(H,15,16). The van der Waals surface area contributed by atoms with Crippen molar-refractivity contribution in [3.05, 3.63) is 33.5 Å². The molecule has 18 heavy (non-hydrogen) atoms. The number of hydrogen-bond donors (Lipinski definition) is 1. The Kier molecular flexibility index (Phi) is 3.05. The molecule has 0 aromatic carbocycles. The summed E-state index contributed by atoms with van der Waals surface area (Å²) in [6, 6.07) is 4.25. The van der Waals surface area contributed by atoms with Crippen molar-refractivity contribution < 1.29 is 9.90 Å². The Bertz CT molecular complexity index is 550. The second-order valence-electron chi connectivity index (χ2n) is 4.27. The monoisotopic (exact) mass is 280 g/mol. The van der Waals surface area contributed by atoms with Crippen molar-refractivity contribution in [2.75, 3.05) is 18.0 Å². The molecule has 1 fully saturated rings. The highest BCUT2D eigenvalue weighted by molar-refractivity contribution is 7.14. The SMILES string of the molecule is O=C(O)c1csc(N2CCC(c3cccs3)C2)n1. The summed E-state index contributed by atoms with van der Waals surface area (Å²) in [7, 11) is 0. The maximum Gasteiger partial charge on any atom is 0.355 e. The van der Waals surface area contributed by atoms with E-state index in [1.165, 1.54) is 16.2 Å². The van der Waals surface area contributed by atoms with Gasteiger partial charge in [0.2, 0.25) is 0 Å². The molecule has 3 heterocycles. The van der Waals surface area contributed by atoms with Crippen molar-refractivity contribution in [1.29, 1.82) is 0 Å². The molecule has 1 N–H and O–H groups in total. The number of aromatic carboxylic acids is 1. The molecule has 1 saturated heterocycles. The van der Waals surface area contributed by atoms with Crippen LogP contribution in [0.25, 0.3) is 0 Å². The molecule has 1 aliphatic heterocycles. The van der Waals surface area contributed by atoms with Crippen LogP contribution in [0.1, 0.15) is 27.7 Å². The minimum atomic E-state index is -0.952. The molecule has 2 aromatic heterocycles. The van der Waals surface area contributed by atoms with Crippen LogP contribution in [-0.2, 0) is 0 Å². The first-order valence-corrected chi connectivity index (χ1v) is 7.47. The van der Waals surface area contributed by atoms with Gasteiger partial charge in [-0.3, -0.25) is 0 Å². The van der Waals surface area contributed by atoms with Crippen LogP contribution < -0.4 is 4.90 Å². The molecule has 1 aliphatic rings. The van der Waals surface area contributed by atoms with Gasteiger partial charge in [0.25, 0.3) is 0 Å². The third-order valence-electron chi connectivity index (χ3n) is 3.12. The lowest BCUT2D eigenvalue weighted by Crippen LogP contribution is -2.19. The third-order valence-corrected chi connectivity index (χ3v) is 5.05. The highest BCUT2D eigenvalue weighted by Gasteiger charge is 2.26. The average Bonchev–Trinajstić information content (AvgIpc) is 3.10. The number of thiazole rings is 1. The van der Waals surface area contributed by atoms with E-state index in [2.05, 4.69) is 27.4 Å². The molecule has 1 atom stereocenters. The highest BCUT2D eigenvalue weighted by Crippen LogP contribution is 2.34. The first-order chi connectivity index (χ1) is 8.74. The van der Waals surface area contributed by atoms with Gasteiger partial charge in [0.1, 0.15) is 0 Å². The van der Waals surface area contributed by atoms with E-state index in [1.807, 2.05) is 0 Å². The third kappa shape index (κ3) is 2.13. The summed E-state index contributed by atoms with van der Waals surface area (Å²) >= 11 is 3.20. The predicted octanol–water partition coefficient (Wildman–Crippen LogP) is 2.90. The minimum Gasteiger partial charge on any atom is -0.476 e. The maximum absolute atomic E-state index is 10.8. The van der Waals surface area contributed by atoms with Crippen LogP contribution in [-0.4, -0.2) is 29.1 Å². The van der Waals surface area contributed by atoms with E-state index in [1.54, 1.807) is 16.7 Å². The molecule has 6 heteroatoms. The van der Waals surface area contributed by atoms with Gasteiger partial charge in [0, 0.05) is 29.3 Å². The molecular weight excluding hydrogens is 268 g/mol. The van der Waals surface area contributed by atoms with Crippen molar-refractivity contribution >= 4 is 33.8 Å². The number of thiophene rings is 1. The summed E-state index contributed by atoms with van der Waals surface area (Å²) in [5.74, 6) is -0.395. The van der Waals surface area contributed by atoms with Gasteiger partial charge in [0.15, 0.2) is 10.8 Å². The molecule has 0 spiro atoms. The zero-order valence-corrected chi connectivity index (χ0v) is 11.2. The van der Waals surface area contributed by atoms with Crippen LogP contribution in [0.5, 0.6) is 0 Å². The number of carboxylic acid groups (broad SMARTS) is 1. The Hall–Kier alpha value is -1.40. The summed E-state index contributed by atoms with van der Waals surface area (Å²) in [6.45, 7) is 1.89. The van der Waals surface area contributed by atoms with Crippen LogP contribution in [0.2, 0.25) is 0 Å². The summed E-state index contributed by atoms with van der Waals surface area (Å²) < 4.78 is 0. The van der Waals surface area contributed by atoms with Crippen molar-refractivity contribution in [3.8, 4) is 0 Å². The molecule has 0 saturated carbocycles. The summed E-state index contributed by atoms with van der Waals surface area (Å²) in [5, 5.41) is 13.4. The van der Waals surface area contributed by atoms with Gasteiger partial charge in [0.05, 0.1) is 0 Å². The zero-order chi connectivity index (χ0) is 12.5. The van der Waals surface area contributed by atoms with Crippen molar-refractivity contribution in [3.63, 3.8) is 0 Å². The van der Waals surface area contributed by atoms with Crippen LogP contribution in [0.4, 0.5) is 5.13 Å². The van der Waals surface area contributed by atoms with Gasteiger partial charge in [-0.1, -0.05) is 6.07 Å². The number of nitrogens with zero attached hydrogens (tertiary/aromatic N) is 2. The second-order valence-corrected chi connectivity index (χ2v) is 6.08. The molecule has 1 unspecified atom stereocenters.